The molecule has 0 aliphatic carbocycles. The summed E-state index contributed by atoms with van der Waals surface area (Å²) in [5.74, 6) is 0. The van der Waals surface area contributed by atoms with Gasteiger partial charge in [0.15, 0.2) is 0 Å². The lowest BCUT2D eigenvalue weighted by Gasteiger charge is -2.20. The molecule has 1 rings (SSSR count). The summed E-state index contributed by atoms with van der Waals surface area (Å²) < 4.78 is 1.86. The Bertz CT molecular complexity index is 280. The molecule has 1 atom stereocenters. The topological polar surface area (TPSA) is 33.1 Å². The second-order valence-corrected chi connectivity index (χ2v) is 4.31. The fourth-order valence-corrected chi connectivity index (χ4v) is 1.71. The van der Waals surface area contributed by atoms with Gasteiger partial charge in [0.25, 0.3) is 0 Å². The lowest BCUT2D eigenvalue weighted by molar-refractivity contribution is 0.337. The maximum absolute atomic E-state index is 4.17. The average Bonchev–Trinajstić information content (AvgIpc) is 2.58. The van der Waals surface area contributed by atoms with Gasteiger partial charge in [-0.05, 0) is 39.5 Å². The van der Waals surface area contributed by atoms with Crippen LogP contribution in [0.3, 0.4) is 0 Å². The van der Waals surface area contributed by atoms with Crippen LogP contribution in [0.1, 0.15) is 12.0 Å². The lowest BCUT2D eigenvalue weighted by Crippen LogP contribution is -2.36. The van der Waals surface area contributed by atoms with E-state index in [1.165, 1.54) is 5.56 Å². The van der Waals surface area contributed by atoms with E-state index in [9.17, 15) is 0 Å². The van der Waals surface area contributed by atoms with Gasteiger partial charge in [0.2, 0.25) is 0 Å². The molecule has 1 N–H and O–H groups in total. The van der Waals surface area contributed by atoms with Crippen molar-refractivity contribution in [2.75, 3.05) is 27.7 Å². The summed E-state index contributed by atoms with van der Waals surface area (Å²) in [6, 6.07) is 0.556. The van der Waals surface area contributed by atoms with E-state index in [1.54, 1.807) is 0 Å². The zero-order valence-corrected chi connectivity index (χ0v) is 10.2. The molecule has 0 amide bonds. The van der Waals surface area contributed by atoms with Crippen LogP contribution < -0.4 is 5.32 Å². The Hall–Kier alpha value is -0.870. The van der Waals surface area contributed by atoms with Crippen LogP contribution in [0.15, 0.2) is 12.4 Å². The Labute approximate surface area is 92.3 Å². The minimum atomic E-state index is 0.556. The maximum Gasteiger partial charge on any atom is 0.0521 e. The predicted octanol–water partition coefficient (Wildman–Crippen LogP) is 0.502. The standard InChI is InChI=1S/C11H22N4/c1-12-11(9-14(2)3)6-5-10-7-13-15(4)8-10/h7-8,11-12H,5-6,9H2,1-4H3. The molecule has 4 heteroatoms. The first-order valence-corrected chi connectivity index (χ1v) is 5.41. The van der Waals surface area contributed by atoms with Crippen LogP contribution in [0.5, 0.6) is 0 Å². The Balaban J connectivity index is 2.34. The van der Waals surface area contributed by atoms with Crippen molar-refractivity contribution < 1.29 is 0 Å². The van der Waals surface area contributed by atoms with Gasteiger partial charge in [-0.3, -0.25) is 4.68 Å². The van der Waals surface area contributed by atoms with Gasteiger partial charge in [-0.1, -0.05) is 0 Å². The van der Waals surface area contributed by atoms with E-state index in [1.807, 2.05) is 25.0 Å². The highest BCUT2D eigenvalue weighted by molar-refractivity contribution is 5.03. The largest absolute Gasteiger partial charge is 0.316 e. The molecule has 15 heavy (non-hydrogen) atoms. The number of aromatic nitrogens is 2. The minimum Gasteiger partial charge on any atom is -0.316 e. The fraction of sp³-hybridized carbons (Fsp3) is 0.727. The van der Waals surface area contributed by atoms with Crippen molar-refractivity contribution in [3.63, 3.8) is 0 Å². The third-order valence-electron chi connectivity index (χ3n) is 2.53. The molecule has 4 nitrogen and oxygen atoms in total. The van der Waals surface area contributed by atoms with Gasteiger partial charge in [-0.15, -0.1) is 0 Å². The lowest BCUT2D eigenvalue weighted by atomic mass is 10.1. The van der Waals surface area contributed by atoms with Crippen molar-refractivity contribution in [3.8, 4) is 0 Å². The third kappa shape index (κ3) is 4.44. The van der Waals surface area contributed by atoms with Gasteiger partial charge in [-0.25, -0.2) is 0 Å². The molecular weight excluding hydrogens is 188 g/mol. The first-order valence-electron chi connectivity index (χ1n) is 5.41. The van der Waals surface area contributed by atoms with Crippen LogP contribution in [-0.4, -0.2) is 48.4 Å². The molecular formula is C11H22N4. The number of rotatable bonds is 6. The van der Waals surface area contributed by atoms with Gasteiger partial charge >= 0.3 is 0 Å². The molecule has 1 aromatic heterocycles. The van der Waals surface area contributed by atoms with Gasteiger partial charge in [0, 0.05) is 25.8 Å². The zero-order chi connectivity index (χ0) is 11.3. The Morgan fingerprint density at radius 1 is 1.53 bits per heavy atom. The summed E-state index contributed by atoms with van der Waals surface area (Å²) in [6.07, 6.45) is 6.28. The summed E-state index contributed by atoms with van der Waals surface area (Å²) in [5.41, 5.74) is 1.32. The summed E-state index contributed by atoms with van der Waals surface area (Å²) >= 11 is 0. The van der Waals surface area contributed by atoms with E-state index in [0.29, 0.717) is 6.04 Å². The van der Waals surface area contributed by atoms with Crippen LogP contribution in [0, 0.1) is 0 Å². The number of hydrogen-bond acceptors (Lipinski definition) is 3. The maximum atomic E-state index is 4.17. The van der Waals surface area contributed by atoms with Gasteiger partial charge in [-0.2, -0.15) is 5.10 Å². The quantitative estimate of drug-likeness (QED) is 0.742. The van der Waals surface area contributed by atoms with Crippen molar-refractivity contribution in [2.24, 2.45) is 7.05 Å². The fourth-order valence-electron chi connectivity index (χ4n) is 1.71. The van der Waals surface area contributed by atoms with Crippen LogP contribution in [-0.2, 0) is 13.5 Å². The van der Waals surface area contributed by atoms with Crippen molar-refractivity contribution in [2.45, 2.75) is 18.9 Å². The number of nitrogens with zero attached hydrogens (tertiary/aromatic N) is 3. The van der Waals surface area contributed by atoms with Crippen LogP contribution in [0.25, 0.3) is 0 Å². The molecule has 0 bridgehead atoms. The minimum absolute atomic E-state index is 0.556. The monoisotopic (exact) mass is 210 g/mol. The summed E-state index contributed by atoms with van der Waals surface area (Å²) in [4.78, 5) is 2.21. The summed E-state index contributed by atoms with van der Waals surface area (Å²) in [6.45, 7) is 1.08. The molecule has 1 aromatic rings. The second-order valence-electron chi connectivity index (χ2n) is 4.31. The normalized spacial score (nSPS) is 13.4. The first kappa shape index (κ1) is 12.2. The van der Waals surface area contributed by atoms with Crippen molar-refractivity contribution in [1.29, 1.82) is 0 Å². The molecule has 0 saturated heterocycles. The van der Waals surface area contributed by atoms with E-state index < -0.39 is 0 Å². The Morgan fingerprint density at radius 3 is 2.73 bits per heavy atom. The Kier molecular flexibility index (Phi) is 4.78. The van der Waals surface area contributed by atoms with Gasteiger partial charge in [0.1, 0.15) is 0 Å². The number of nitrogens with one attached hydrogen (secondary N) is 1. The molecule has 0 aromatic carbocycles. The van der Waals surface area contributed by atoms with E-state index in [2.05, 4.69) is 35.6 Å². The summed E-state index contributed by atoms with van der Waals surface area (Å²) in [7, 11) is 8.19. The molecule has 0 radical (unpaired) electrons. The molecule has 0 aliphatic rings. The number of aryl methyl sites for hydroxylation is 2. The van der Waals surface area contributed by atoms with Crippen molar-refractivity contribution >= 4 is 0 Å². The highest BCUT2D eigenvalue weighted by Crippen LogP contribution is 2.04. The third-order valence-corrected chi connectivity index (χ3v) is 2.53. The first-order chi connectivity index (χ1) is 7.11. The summed E-state index contributed by atoms with van der Waals surface area (Å²) in [5, 5.41) is 7.51. The highest BCUT2D eigenvalue weighted by Gasteiger charge is 2.07. The average molecular weight is 210 g/mol. The highest BCUT2D eigenvalue weighted by atomic mass is 15.2. The number of likely N-dealkylation sites (N-methyl/N-ethyl adjacent to an activating group) is 2. The zero-order valence-electron chi connectivity index (χ0n) is 10.2. The van der Waals surface area contributed by atoms with Crippen molar-refractivity contribution in [1.82, 2.24) is 20.0 Å². The van der Waals surface area contributed by atoms with E-state index in [0.717, 1.165) is 19.4 Å². The van der Waals surface area contributed by atoms with E-state index in [4.69, 9.17) is 0 Å². The van der Waals surface area contributed by atoms with Gasteiger partial charge < -0.3 is 10.2 Å². The molecule has 0 fully saturated rings. The Morgan fingerprint density at radius 2 is 2.27 bits per heavy atom. The van der Waals surface area contributed by atoms with E-state index >= 15 is 0 Å². The molecule has 0 aliphatic heterocycles. The van der Waals surface area contributed by atoms with Crippen LogP contribution in [0.4, 0.5) is 0 Å². The van der Waals surface area contributed by atoms with Crippen LogP contribution in [0.2, 0.25) is 0 Å². The SMILES string of the molecule is CNC(CCc1cnn(C)c1)CN(C)C. The van der Waals surface area contributed by atoms with Crippen LogP contribution >= 0.6 is 0 Å². The molecule has 86 valence electrons. The van der Waals surface area contributed by atoms with E-state index in [-0.39, 0.29) is 0 Å². The molecule has 0 saturated carbocycles. The number of hydrogen-bond donors (Lipinski definition) is 1. The molecule has 0 spiro atoms. The van der Waals surface area contributed by atoms with Gasteiger partial charge in [0.05, 0.1) is 6.20 Å². The molecule has 1 unspecified atom stereocenters. The smallest absolute Gasteiger partial charge is 0.0521 e. The predicted molar refractivity (Wildman–Crippen MR) is 62.9 cm³/mol. The van der Waals surface area contributed by atoms with Crippen molar-refractivity contribution in [3.05, 3.63) is 18.0 Å². The second kappa shape index (κ2) is 5.88. The molecule has 1 heterocycles.